The number of amides is 2. The minimum Gasteiger partial charge on any atom is -0.391 e. The van der Waals surface area contributed by atoms with Gasteiger partial charge in [0.25, 0.3) is 0 Å². The first-order chi connectivity index (χ1) is 14.5. The number of aromatic nitrogens is 1. The summed E-state index contributed by atoms with van der Waals surface area (Å²) in [6.07, 6.45) is -0.519. The molecule has 0 bridgehead atoms. The van der Waals surface area contributed by atoms with Gasteiger partial charge < -0.3 is 21.1 Å². The summed E-state index contributed by atoms with van der Waals surface area (Å²) in [5.74, 6) is -0.581. The highest BCUT2D eigenvalue weighted by atomic mass is 32.1. The molecule has 168 valence electrons. The maximum Gasteiger partial charge on any atom is 0.243 e. The van der Waals surface area contributed by atoms with Crippen molar-refractivity contribution in [2.75, 3.05) is 6.54 Å². The van der Waals surface area contributed by atoms with E-state index in [1.165, 1.54) is 4.90 Å². The van der Waals surface area contributed by atoms with Crippen molar-refractivity contribution in [3.8, 4) is 10.4 Å². The van der Waals surface area contributed by atoms with E-state index in [9.17, 15) is 14.7 Å². The molecule has 1 aromatic carbocycles. The molecular weight excluding hydrogens is 412 g/mol. The summed E-state index contributed by atoms with van der Waals surface area (Å²) in [5.41, 5.74) is 10.6. The molecule has 31 heavy (non-hydrogen) atoms. The summed E-state index contributed by atoms with van der Waals surface area (Å²) in [7, 11) is 0. The average Bonchev–Trinajstić information content (AvgIpc) is 3.31. The van der Waals surface area contributed by atoms with E-state index in [0.717, 1.165) is 21.7 Å². The van der Waals surface area contributed by atoms with Gasteiger partial charge in [-0.3, -0.25) is 9.59 Å². The molecule has 4 N–H and O–H groups in total. The molecule has 7 nitrogen and oxygen atoms in total. The lowest BCUT2D eigenvalue weighted by Gasteiger charge is -2.32. The second-order valence-electron chi connectivity index (χ2n) is 9.36. The van der Waals surface area contributed by atoms with Crippen LogP contribution in [0.25, 0.3) is 10.4 Å². The molecule has 2 heterocycles. The molecule has 8 heteroatoms. The largest absolute Gasteiger partial charge is 0.391 e. The monoisotopic (exact) mass is 444 g/mol. The number of benzene rings is 1. The Morgan fingerprint density at radius 2 is 1.94 bits per heavy atom. The van der Waals surface area contributed by atoms with Gasteiger partial charge in [0.2, 0.25) is 11.8 Å². The number of nitrogens with two attached hydrogens (primary N) is 1. The van der Waals surface area contributed by atoms with Gasteiger partial charge in [0, 0.05) is 13.0 Å². The fourth-order valence-corrected chi connectivity index (χ4v) is 4.56. The molecule has 1 aliphatic rings. The number of thiazole rings is 1. The van der Waals surface area contributed by atoms with E-state index in [4.69, 9.17) is 5.73 Å². The number of nitrogens with zero attached hydrogens (tertiary/aromatic N) is 2. The molecule has 0 unspecified atom stereocenters. The van der Waals surface area contributed by atoms with Gasteiger partial charge in [0.05, 0.1) is 34.3 Å². The quantitative estimate of drug-likeness (QED) is 0.657. The summed E-state index contributed by atoms with van der Waals surface area (Å²) in [6.45, 7) is 9.67. The first kappa shape index (κ1) is 23.4. The maximum atomic E-state index is 13.0. The van der Waals surface area contributed by atoms with Crippen molar-refractivity contribution >= 4 is 23.2 Å². The van der Waals surface area contributed by atoms with Crippen LogP contribution in [0.3, 0.4) is 0 Å². The Morgan fingerprint density at radius 1 is 1.29 bits per heavy atom. The van der Waals surface area contributed by atoms with Crippen LogP contribution in [0.1, 0.15) is 51.4 Å². The predicted octanol–water partition coefficient (Wildman–Crippen LogP) is 2.63. The second kappa shape index (κ2) is 9.06. The minimum absolute atomic E-state index is 0.123. The third kappa shape index (κ3) is 5.14. The zero-order chi connectivity index (χ0) is 22.9. The van der Waals surface area contributed by atoms with Gasteiger partial charge in [-0.2, -0.15) is 0 Å². The molecule has 1 aliphatic heterocycles. The van der Waals surface area contributed by atoms with Crippen molar-refractivity contribution in [3.05, 3.63) is 41.0 Å². The van der Waals surface area contributed by atoms with Crippen molar-refractivity contribution in [2.24, 2.45) is 11.1 Å². The van der Waals surface area contributed by atoms with E-state index in [0.29, 0.717) is 0 Å². The number of nitrogens with one attached hydrogen (secondary N) is 1. The standard InChI is InChI=1S/C23H32N4O3S/c1-13(15-6-8-16(9-7-15)19-14(2)25-12-31-19)26-21(29)18-10-17(28)11-27(18)22(30)20(24)23(3,4)5/h6-9,12-13,17-18,20,28H,10-11,24H2,1-5H3,(H,26,29)/t13-,17+,18-,20+/m0/s1. The van der Waals surface area contributed by atoms with Crippen LogP contribution in [-0.4, -0.2) is 51.5 Å². The maximum absolute atomic E-state index is 13.0. The number of hydrogen-bond donors (Lipinski definition) is 3. The Hall–Kier alpha value is -2.29. The number of carbonyl (C=O) groups excluding carboxylic acids is 2. The molecular formula is C23H32N4O3S. The molecule has 0 spiro atoms. The number of aliphatic hydroxyl groups is 1. The minimum atomic E-state index is -0.742. The molecule has 4 atom stereocenters. The lowest BCUT2D eigenvalue weighted by atomic mass is 9.86. The Bertz CT molecular complexity index is 935. The van der Waals surface area contributed by atoms with Crippen LogP contribution in [-0.2, 0) is 9.59 Å². The van der Waals surface area contributed by atoms with Gasteiger partial charge in [0.15, 0.2) is 0 Å². The lowest BCUT2D eigenvalue weighted by Crippen LogP contribution is -2.55. The zero-order valence-electron chi connectivity index (χ0n) is 18.8. The number of hydrogen-bond acceptors (Lipinski definition) is 6. The molecule has 3 rings (SSSR count). The van der Waals surface area contributed by atoms with E-state index < -0.39 is 23.6 Å². The summed E-state index contributed by atoms with van der Waals surface area (Å²) < 4.78 is 0. The highest BCUT2D eigenvalue weighted by molar-refractivity contribution is 7.13. The molecule has 0 saturated carbocycles. The van der Waals surface area contributed by atoms with Crippen LogP contribution in [0.5, 0.6) is 0 Å². The number of aryl methyl sites for hydroxylation is 1. The highest BCUT2D eigenvalue weighted by Gasteiger charge is 2.42. The SMILES string of the molecule is Cc1ncsc1-c1ccc([C@H](C)NC(=O)[C@@H]2C[C@@H](O)CN2C(=O)[C@@H](N)C(C)(C)C)cc1. The molecule has 0 aliphatic carbocycles. The molecule has 2 amide bonds. The van der Waals surface area contributed by atoms with Gasteiger partial charge in [-0.1, -0.05) is 45.0 Å². The van der Waals surface area contributed by atoms with Crippen molar-refractivity contribution in [1.29, 1.82) is 0 Å². The Balaban J connectivity index is 1.69. The highest BCUT2D eigenvalue weighted by Crippen LogP contribution is 2.29. The number of β-amino-alcohol motifs (C(OH)–C–C–N with tert-alkyl or cyclic N) is 1. The van der Waals surface area contributed by atoms with Gasteiger partial charge in [-0.05, 0) is 30.4 Å². The third-order valence-corrected chi connectivity index (χ3v) is 6.82. The smallest absolute Gasteiger partial charge is 0.243 e. The summed E-state index contributed by atoms with van der Waals surface area (Å²) >= 11 is 1.60. The summed E-state index contributed by atoms with van der Waals surface area (Å²) in [5, 5.41) is 13.1. The van der Waals surface area contributed by atoms with E-state index in [1.807, 2.05) is 64.4 Å². The van der Waals surface area contributed by atoms with Crippen LogP contribution >= 0.6 is 11.3 Å². The van der Waals surface area contributed by atoms with E-state index in [2.05, 4.69) is 10.3 Å². The molecule has 2 aromatic rings. The summed E-state index contributed by atoms with van der Waals surface area (Å²) in [4.78, 5) is 32.7. The molecule has 1 aromatic heterocycles. The fourth-order valence-electron chi connectivity index (χ4n) is 3.75. The van der Waals surface area contributed by atoms with Gasteiger partial charge in [-0.15, -0.1) is 11.3 Å². The fraction of sp³-hybridized carbons (Fsp3) is 0.522. The first-order valence-electron chi connectivity index (χ1n) is 10.5. The van der Waals surface area contributed by atoms with Gasteiger partial charge in [0.1, 0.15) is 6.04 Å². The van der Waals surface area contributed by atoms with Crippen LogP contribution in [0, 0.1) is 12.3 Å². The molecule has 0 radical (unpaired) electrons. The van der Waals surface area contributed by atoms with Crippen molar-refractivity contribution in [2.45, 2.75) is 65.3 Å². The van der Waals surface area contributed by atoms with Gasteiger partial charge in [-0.25, -0.2) is 4.98 Å². The predicted molar refractivity (Wildman–Crippen MR) is 122 cm³/mol. The van der Waals surface area contributed by atoms with Crippen LogP contribution in [0.4, 0.5) is 0 Å². The topological polar surface area (TPSA) is 109 Å². The Kier molecular flexibility index (Phi) is 6.83. The number of aliphatic hydroxyl groups excluding tert-OH is 1. The van der Waals surface area contributed by atoms with E-state index in [-0.39, 0.29) is 30.8 Å². The normalized spacial score (nSPS) is 21.1. The molecule has 1 saturated heterocycles. The zero-order valence-corrected chi connectivity index (χ0v) is 19.6. The third-order valence-electron chi connectivity index (χ3n) is 5.84. The Morgan fingerprint density at radius 3 is 2.48 bits per heavy atom. The van der Waals surface area contributed by atoms with Crippen LogP contribution < -0.4 is 11.1 Å². The Labute approximate surface area is 187 Å². The van der Waals surface area contributed by atoms with Crippen LogP contribution in [0.15, 0.2) is 29.8 Å². The lowest BCUT2D eigenvalue weighted by molar-refractivity contribution is -0.141. The van der Waals surface area contributed by atoms with E-state index >= 15 is 0 Å². The van der Waals surface area contributed by atoms with Crippen LogP contribution in [0.2, 0.25) is 0 Å². The van der Waals surface area contributed by atoms with Crippen molar-refractivity contribution in [3.63, 3.8) is 0 Å². The number of rotatable bonds is 5. The molecule has 1 fully saturated rings. The van der Waals surface area contributed by atoms with Gasteiger partial charge >= 0.3 is 0 Å². The van der Waals surface area contributed by atoms with E-state index in [1.54, 1.807) is 11.3 Å². The summed E-state index contributed by atoms with van der Waals surface area (Å²) in [6, 6.07) is 6.32. The second-order valence-corrected chi connectivity index (χ2v) is 10.2. The number of likely N-dealkylation sites (tertiary alicyclic amines) is 1. The number of carbonyl (C=O) groups is 2. The average molecular weight is 445 g/mol. The van der Waals surface area contributed by atoms with Crippen molar-refractivity contribution < 1.29 is 14.7 Å². The first-order valence-corrected chi connectivity index (χ1v) is 11.4. The van der Waals surface area contributed by atoms with Crippen molar-refractivity contribution in [1.82, 2.24) is 15.2 Å².